The Kier molecular flexibility index (Phi) is 6.07. The molecule has 0 aliphatic heterocycles. The Morgan fingerprint density at radius 3 is 2.32 bits per heavy atom. The molecule has 142 valence electrons. The number of hydrogen-bond acceptors (Lipinski definition) is 3. The molecule has 4 nitrogen and oxygen atoms in total. The van der Waals surface area contributed by atoms with Crippen LogP contribution in [0, 0.1) is 5.82 Å². The molecule has 3 aromatic carbocycles. The number of carbonyl (C=O) groups is 1. The molecule has 0 saturated carbocycles. The fraction of sp³-hybridized carbons (Fsp3) is 0.0870. The second kappa shape index (κ2) is 8.86. The van der Waals surface area contributed by atoms with E-state index < -0.39 is 5.97 Å². The molecule has 3 aromatic rings. The number of aliphatic carboxylic acids is 1. The molecule has 0 bridgehead atoms. The van der Waals surface area contributed by atoms with Crippen molar-refractivity contribution in [3.05, 3.63) is 95.3 Å². The fourth-order valence-corrected chi connectivity index (χ4v) is 2.67. The molecule has 28 heavy (non-hydrogen) atoms. The highest BCUT2D eigenvalue weighted by atomic mass is 19.1. The van der Waals surface area contributed by atoms with Gasteiger partial charge in [-0.05, 0) is 47.5 Å². The Labute approximate surface area is 162 Å². The van der Waals surface area contributed by atoms with Gasteiger partial charge < -0.3 is 14.6 Å². The van der Waals surface area contributed by atoms with Crippen LogP contribution in [0.4, 0.5) is 4.39 Å². The molecule has 0 aliphatic rings. The van der Waals surface area contributed by atoms with E-state index in [0.717, 1.165) is 5.56 Å². The highest BCUT2D eigenvalue weighted by Crippen LogP contribution is 2.27. The molecule has 5 heteroatoms. The van der Waals surface area contributed by atoms with Gasteiger partial charge in [0.15, 0.2) is 0 Å². The Morgan fingerprint density at radius 2 is 1.68 bits per heavy atom. The first-order chi connectivity index (χ1) is 13.6. The molecule has 0 aliphatic carbocycles. The van der Waals surface area contributed by atoms with E-state index >= 15 is 0 Å². The zero-order valence-electron chi connectivity index (χ0n) is 15.3. The first-order valence-corrected chi connectivity index (χ1v) is 8.62. The molecule has 0 aromatic heterocycles. The molecule has 0 fully saturated rings. The van der Waals surface area contributed by atoms with E-state index in [1.807, 2.05) is 12.1 Å². The van der Waals surface area contributed by atoms with E-state index in [9.17, 15) is 14.3 Å². The molecular weight excluding hydrogens is 359 g/mol. The maximum Gasteiger partial charge on any atom is 0.336 e. The third kappa shape index (κ3) is 4.76. The van der Waals surface area contributed by atoms with Crippen LogP contribution in [0.3, 0.4) is 0 Å². The summed E-state index contributed by atoms with van der Waals surface area (Å²) < 4.78 is 24.0. The monoisotopic (exact) mass is 378 g/mol. The van der Waals surface area contributed by atoms with Gasteiger partial charge in [-0.25, -0.2) is 9.18 Å². The summed E-state index contributed by atoms with van der Waals surface area (Å²) in [5, 5.41) is 9.66. The van der Waals surface area contributed by atoms with Gasteiger partial charge in [-0.15, -0.1) is 0 Å². The van der Waals surface area contributed by atoms with Crippen molar-refractivity contribution in [3.63, 3.8) is 0 Å². The molecule has 0 amide bonds. The van der Waals surface area contributed by atoms with Crippen LogP contribution < -0.4 is 9.47 Å². The summed E-state index contributed by atoms with van der Waals surface area (Å²) in [6.45, 7) is 0.246. The summed E-state index contributed by atoms with van der Waals surface area (Å²) in [5.41, 5.74) is 2.15. The summed E-state index contributed by atoms with van der Waals surface area (Å²) in [6, 6.07) is 20.0. The molecule has 0 unspecified atom stereocenters. The van der Waals surface area contributed by atoms with E-state index in [1.54, 1.807) is 61.7 Å². The van der Waals surface area contributed by atoms with Gasteiger partial charge in [0, 0.05) is 5.56 Å². The average molecular weight is 378 g/mol. The molecule has 0 spiro atoms. The lowest BCUT2D eigenvalue weighted by atomic mass is 10.0. The van der Waals surface area contributed by atoms with Crippen LogP contribution in [0.15, 0.2) is 72.8 Å². The minimum absolute atomic E-state index is 0.139. The Morgan fingerprint density at radius 1 is 1.00 bits per heavy atom. The Balaban J connectivity index is 1.88. The van der Waals surface area contributed by atoms with Gasteiger partial charge in [0.2, 0.25) is 0 Å². The summed E-state index contributed by atoms with van der Waals surface area (Å²) >= 11 is 0. The SMILES string of the molecule is COc1ccc(/C(=C/c2ccccc2OCc2ccc(F)cc2)C(=O)O)cc1. The quantitative estimate of drug-likeness (QED) is 0.462. The smallest absolute Gasteiger partial charge is 0.336 e. The van der Waals surface area contributed by atoms with Gasteiger partial charge in [0.05, 0.1) is 12.7 Å². The predicted molar refractivity (Wildman–Crippen MR) is 106 cm³/mol. The fourth-order valence-electron chi connectivity index (χ4n) is 2.67. The number of methoxy groups -OCH3 is 1. The van der Waals surface area contributed by atoms with E-state index in [1.165, 1.54) is 12.1 Å². The van der Waals surface area contributed by atoms with Crippen LogP contribution in [-0.2, 0) is 11.4 Å². The maximum absolute atomic E-state index is 13.0. The first kappa shape index (κ1) is 19.2. The lowest BCUT2D eigenvalue weighted by Crippen LogP contribution is -2.01. The molecule has 1 N–H and O–H groups in total. The van der Waals surface area contributed by atoms with Crippen LogP contribution in [0.5, 0.6) is 11.5 Å². The molecule has 0 radical (unpaired) electrons. The van der Waals surface area contributed by atoms with Crippen molar-refractivity contribution in [1.29, 1.82) is 0 Å². The van der Waals surface area contributed by atoms with Crippen molar-refractivity contribution < 1.29 is 23.8 Å². The number of halogens is 1. The van der Waals surface area contributed by atoms with Crippen molar-refractivity contribution in [3.8, 4) is 11.5 Å². The molecule has 0 heterocycles. The first-order valence-electron chi connectivity index (χ1n) is 8.62. The number of benzene rings is 3. The number of carboxylic acid groups (broad SMARTS) is 1. The van der Waals surface area contributed by atoms with Gasteiger partial charge in [0.25, 0.3) is 0 Å². The zero-order valence-corrected chi connectivity index (χ0v) is 15.3. The largest absolute Gasteiger partial charge is 0.497 e. The number of carboxylic acids is 1. The van der Waals surface area contributed by atoms with Crippen molar-refractivity contribution in [2.24, 2.45) is 0 Å². The third-order valence-electron chi connectivity index (χ3n) is 4.16. The van der Waals surface area contributed by atoms with E-state index in [0.29, 0.717) is 22.6 Å². The average Bonchev–Trinajstić information content (AvgIpc) is 2.72. The highest BCUT2D eigenvalue weighted by Gasteiger charge is 2.12. The lowest BCUT2D eigenvalue weighted by molar-refractivity contribution is -0.130. The lowest BCUT2D eigenvalue weighted by Gasteiger charge is -2.11. The second-order valence-corrected chi connectivity index (χ2v) is 6.04. The summed E-state index contributed by atoms with van der Waals surface area (Å²) in [5.74, 6) is -0.160. The van der Waals surface area contributed by atoms with Gasteiger partial charge >= 0.3 is 5.97 Å². The minimum atomic E-state index is -1.04. The standard InChI is InChI=1S/C23H19FO4/c1-27-20-12-8-17(9-13-20)21(23(25)26)14-18-4-2-3-5-22(18)28-15-16-6-10-19(24)11-7-16/h2-14H,15H2,1H3,(H,25,26)/b21-14-. The summed E-state index contributed by atoms with van der Waals surface area (Å²) in [4.78, 5) is 11.8. The predicted octanol–water partition coefficient (Wildman–Crippen LogP) is 5.04. The van der Waals surface area contributed by atoms with Crippen LogP contribution in [0.25, 0.3) is 11.6 Å². The summed E-state index contributed by atoms with van der Waals surface area (Å²) in [6.07, 6.45) is 1.57. The van der Waals surface area contributed by atoms with Crippen LogP contribution in [0.2, 0.25) is 0 Å². The Hall–Kier alpha value is -3.60. The highest BCUT2D eigenvalue weighted by molar-refractivity contribution is 6.20. The number of hydrogen-bond donors (Lipinski definition) is 1. The molecule has 3 rings (SSSR count). The maximum atomic E-state index is 13.0. The zero-order chi connectivity index (χ0) is 19.9. The number of ether oxygens (including phenoxy) is 2. The van der Waals surface area contributed by atoms with Crippen molar-refractivity contribution in [2.75, 3.05) is 7.11 Å². The normalized spacial score (nSPS) is 11.1. The van der Waals surface area contributed by atoms with Crippen LogP contribution in [0.1, 0.15) is 16.7 Å². The van der Waals surface area contributed by atoms with Gasteiger partial charge in [-0.2, -0.15) is 0 Å². The van der Waals surface area contributed by atoms with E-state index in [-0.39, 0.29) is 18.0 Å². The van der Waals surface area contributed by atoms with Crippen LogP contribution in [-0.4, -0.2) is 18.2 Å². The number of para-hydroxylation sites is 1. The van der Waals surface area contributed by atoms with Gasteiger partial charge in [-0.1, -0.05) is 42.5 Å². The van der Waals surface area contributed by atoms with Gasteiger partial charge in [0.1, 0.15) is 23.9 Å². The topological polar surface area (TPSA) is 55.8 Å². The minimum Gasteiger partial charge on any atom is -0.497 e. The molecule has 0 atom stereocenters. The molecular formula is C23H19FO4. The third-order valence-corrected chi connectivity index (χ3v) is 4.16. The Bertz CT molecular complexity index is 976. The van der Waals surface area contributed by atoms with Crippen molar-refractivity contribution in [2.45, 2.75) is 6.61 Å². The van der Waals surface area contributed by atoms with Crippen molar-refractivity contribution >= 4 is 17.6 Å². The van der Waals surface area contributed by atoms with E-state index in [4.69, 9.17) is 9.47 Å². The summed E-state index contributed by atoms with van der Waals surface area (Å²) in [7, 11) is 1.55. The van der Waals surface area contributed by atoms with Crippen LogP contribution >= 0.6 is 0 Å². The number of rotatable bonds is 7. The second-order valence-electron chi connectivity index (χ2n) is 6.04. The van der Waals surface area contributed by atoms with Gasteiger partial charge in [-0.3, -0.25) is 0 Å². The van der Waals surface area contributed by atoms with E-state index in [2.05, 4.69) is 0 Å². The molecule has 0 saturated heterocycles. The van der Waals surface area contributed by atoms with Crippen molar-refractivity contribution in [1.82, 2.24) is 0 Å².